The van der Waals surface area contributed by atoms with Crippen LogP contribution in [-0.4, -0.2) is 22.5 Å². The number of halogens is 3. The Morgan fingerprint density at radius 3 is 1.85 bits per heavy atom. The van der Waals surface area contributed by atoms with Crippen LogP contribution in [0.5, 0.6) is 0 Å². The fourth-order valence-electron chi connectivity index (χ4n) is 3.00. The predicted octanol–water partition coefficient (Wildman–Crippen LogP) is 4.19. The third kappa shape index (κ3) is 3.16. The molecule has 2 aromatic carbocycles. The van der Waals surface area contributed by atoms with Gasteiger partial charge in [-0.25, -0.2) is 0 Å². The Morgan fingerprint density at radius 1 is 0.963 bits per heavy atom. The van der Waals surface area contributed by atoms with Gasteiger partial charge in [-0.15, -0.1) is 0 Å². The molecule has 0 saturated carbocycles. The van der Waals surface area contributed by atoms with E-state index in [2.05, 4.69) is 6.58 Å². The van der Waals surface area contributed by atoms with Crippen molar-refractivity contribution in [2.45, 2.75) is 19.1 Å². The Hall–Kier alpha value is -3.22. The van der Waals surface area contributed by atoms with Gasteiger partial charge in [0.1, 0.15) is 0 Å². The summed E-state index contributed by atoms with van der Waals surface area (Å²) >= 11 is 0. The van der Waals surface area contributed by atoms with Crippen molar-refractivity contribution in [3.05, 3.63) is 82.9 Å². The Bertz CT molecular complexity index is 926. The van der Waals surface area contributed by atoms with Crippen molar-refractivity contribution in [3.63, 3.8) is 0 Å². The van der Waals surface area contributed by atoms with Crippen LogP contribution in [0, 0.1) is 0 Å². The van der Waals surface area contributed by atoms with Gasteiger partial charge < -0.3 is 0 Å². The highest BCUT2D eigenvalue weighted by Crippen LogP contribution is 2.37. The van der Waals surface area contributed by atoms with Crippen LogP contribution < -0.4 is 0 Å². The number of hydrogen-bond acceptors (Lipinski definition) is 3. The quantitative estimate of drug-likeness (QED) is 0.597. The molecule has 1 aliphatic rings. The van der Waals surface area contributed by atoms with Gasteiger partial charge in [-0.05, 0) is 36.8 Å². The molecule has 3 rings (SSSR count). The molecular weight excluding hydrogens is 359 g/mol. The van der Waals surface area contributed by atoms with Gasteiger partial charge in [-0.3, -0.25) is 19.3 Å². The van der Waals surface area contributed by atoms with Crippen molar-refractivity contribution in [2.75, 3.05) is 0 Å². The maximum absolute atomic E-state index is 12.8. The highest BCUT2D eigenvalue weighted by Gasteiger charge is 2.42. The van der Waals surface area contributed by atoms with Crippen molar-refractivity contribution in [1.82, 2.24) is 4.90 Å². The molecule has 1 unspecified atom stereocenters. The van der Waals surface area contributed by atoms with E-state index >= 15 is 0 Å². The lowest BCUT2D eigenvalue weighted by Crippen LogP contribution is -2.36. The first-order chi connectivity index (χ1) is 12.6. The number of ketones is 1. The Kier molecular flexibility index (Phi) is 4.47. The molecule has 0 fully saturated rings. The molecule has 1 heterocycles. The normalized spacial score (nSPS) is 14.9. The van der Waals surface area contributed by atoms with Gasteiger partial charge in [0, 0.05) is 5.57 Å². The maximum atomic E-state index is 12.8. The fraction of sp³-hybridized carbons (Fsp3) is 0.150. The van der Waals surface area contributed by atoms with E-state index in [0.717, 1.165) is 29.2 Å². The summed E-state index contributed by atoms with van der Waals surface area (Å²) in [5.74, 6) is -1.72. The third-order valence-corrected chi connectivity index (χ3v) is 4.42. The van der Waals surface area contributed by atoms with Crippen molar-refractivity contribution in [2.24, 2.45) is 0 Å². The molecule has 0 aromatic heterocycles. The molecular formula is C20H14F3NO3. The van der Waals surface area contributed by atoms with Crippen LogP contribution in [0.2, 0.25) is 0 Å². The lowest BCUT2D eigenvalue weighted by atomic mass is 9.94. The van der Waals surface area contributed by atoms with Crippen LogP contribution in [0.3, 0.4) is 0 Å². The van der Waals surface area contributed by atoms with Gasteiger partial charge in [0.05, 0.1) is 22.7 Å². The molecule has 2 amide bonds. The second-order valence-corrected chi connectivity index (χ2v) is 6.13. The molecule has 0 bridgehead atoms. The van der Waals surface area contributed by atoms with Crippen LogP contribution in [0.15, 0.2) is 60.7 Å². The van der Waals surface area contributed by atoms with Crippen LogP contribution in [0.1, 0.15) is 44.8 Å². The number of rotatable bonds is 4. The van der Waals surface area contributed by atoms with Crippen molar-refractivity contribution < 1.29 is 27.6 Å². The summed E-state index contributed by atoms with van der Waals surface area (Å²) in [5.41, 5.74) is -0.394. The summed E-state index contributed by atoms with van der Waals surface area (Å²) in [5, 5.41) is 0. The first-order valence-corrected chi connectivity index (χ1v) is 7.96. The number of Topliss-reactive ketones (excluding diaryl/α,β-unsaturated/α-hetero) is 1. The molecule has 27 heavy (non-hydrogen) atoms. The van der Waals surface area contributed by atoms with Gasteiger partial charge in [-0.2, -0.15) is 13.2 Å². The summed E-state index contributed by atoms with van der Waals surface area (Å²) in [7, 11) is 0. The smallest absolute Gasteiger partial charge is 0.295 e. The first kappa shape index (κ1) is 18.6. The van der Waals surface area contributed by atoms with E-state index in [9.17, 15) is 27.6 Å². The molecule has 0 saturated heterocycles. The Balaban J connectivity index is 2.09. The van der Waals surface area contributed by atoms with Crippen LogP contribution in [-0.2, 0) is 11.0 Å². The SMILES string of the molecule is C=C(C(C)=O)C(c1ccc(C(F)(F)F)cc1)N1C(=O)c2ccccc2C1=O. The van der Waals surface area contributed by atoms with E-state index in [1.807, 2.05) is 0 Å². The van der Waals surface area contributed by atoms with Gasteiger partial charge in [0.2, 0.25) is 0 Å². The molecule has 2 aromatic rings. The summed E-state index contributed by atoms with van der Waals surface area (Å²) in [6, 6.07) is 8.95. The van der Waals surface area contributed by atoms with Crippen LogP contribution in [0.25, 0.3) is 0 Å². The van der Waals surface area contributed by atoms with E-state index in [0.29, 0.717) is 0 Å². The molecule has 0 spiro atoms. The van der Waals surface area contributed by atoms with E-state index in [-0.39, 0.29) is 22.3 Å². The topological polar surface area (TPSA) is 54.5 Å². The number of fused-ring (bicyclic) bond motifs is 1. The number of carbonyl (C=O) groups is 3. The first-order valence-electron chi connectivity index (χ1n) is 7.96. The number of imide groups is 1. The third-order valence-electron chi connectivity index (χ3n) is 4.42. The average molecular weight is 373 g/mol. The molecule has 4 nitrogen and oxygen atoms in total. The molecule has 0 aliphatic carbocycles. The van der Waals surface area contributed by atoms with Gasteiger partial charge in [0.25, 0.3) is 11.8 Å². The lowest BCUT2D eigenvalue weighted by Gasteiger charge is -2.27. The summed E-state index contributed by atoms with van der Waals surface area (Å²) in [6.45, 7) is 4.88. The van der Waals surface area contributed by atoms with Crippen molar-refractivity contribution in [3.8, 4) is 0 Å². The maximum Gasteiger partial charge on any atom is 0.416 e. The standard InChI is InChI=1S/C20H14F3NO3/c1-11(12(2)25)17(13-7-9-14(10-8-13)20(21,22)23)24-18(26)15-5-3-4-6-16(15)19(24)27/h3-10,17H,1H2,2H3. The fourth-order valence-corrected chi connectivity index (χ4v) is 3.00. The van der Waals surface area contributed by atoms with Crippen molar-refractivity contribution in [1.29, 1.82) is 0 Å². The van der Waals surface area contributed by atoms with Gasteiger partial charge in [0.15, 0.2) is 5.78 Å². The van der Waals surface area contributed by atoms with E-state index in [1.165, 1.54) is 19.1 Å². The second kappa shape index (κ2) is 6.50. The number of nitrogens with zero attached hydrogens (tertiary/aromatic N) is 1. The highest BCUT2D eigenvalue weighted by atomic mass is 19.4. The minimum absolute atomic E-state index is 0.0655. The molecule has 7 heteroatoms. The second-order valence-electron chi connectivity index (χ2n) is 6.13. The Labute approximate surface area is 152 Å². The van der Waals surface area contributed by atoms with E-state index < -0.39 is 35.4 Å². The number of carbonyl (C=O) groups excluding carboxylic acids is 3. The number of alkyl halides is 3. The van der Waals surface area contributed by atoms with Gasteiger partial charge in [-0.1, -0.05) is 30.8 Å². The minimum Gasteiger partial charge on any atom is -0.295 e. The minimum atomic E-state index is -4.53. The average Bonchev–Trinajstić information content (AvgIpc) is 2.87. The highest BCUT2D eigenvalue weighted by molar-refractivity contribution is 6.22. The lowest BCUT2D eigenvalue weighted by molar-refractivity contribution is -0.137. The van der Waals surface area contributed by atoms with Crippen LogP contribution in [0.4, 0.5) is 13.2 Å². The number of hydrogen-bond donors (Lipinski definition) is 0. The van der Waals surface area contributed by atoms with E-state index in [1.54, 1.807) is 12.1 Å². The number of amides is 2. The molecule has 1 aliphatic heterocycles. The summed E-state index contributed by atoms with van der Waals surface area (Å²) < 4.78 is 38.5. The molecule has 0 N–H and O–H groups in total. The number of benzene rings is 2. The van der Waals surface area contributed by atoms with Crippen LogP contribution >= 0.6 is 0 Å². The monoisotopic (exact) mass is 373 g/mol. The predicted molar refractivity (Wildman–Crippen MR) is 90.9 cm³/mol. The zero-order valence-electron chi connectivity index (χ0n) is 14.2. The summed E-state index contributed by atoms with van der Waals surface area (Å²) in [4.78, 5) is 38.3. The van der Waals surface area contributed by atoms with Gasteiger partial charge >= 0.3 is 6.18 Å². The zero-order valence-corrected chi connectivity index (χ0v) is 14.2. The Morgan fingerprint density at radius 2 is 1.44 bits per heavy atom. The molecule has 1 atom stereocenters. The molecule has 0 radical (unpaired) electrons. The zero-order chi connectivity index (χ0) is 19.9. The summed E-state index contributed by atoms with van der Waals surface area (Å²) in [6.07, 6.45) is -4.53. The largest absolute Gasteiger partial charge is 0.416 e. The van der Waals surface area contributed by atoms with Crippen molar-refractivity contribution >= 4 is 17.6 Å². The molecule has 138 valence electrons. The van der Waals surface area contributed by atoms with E-state index in [4.69, 9.17) is 0 Å².